The SMILES string of the molecule is CCCCC(=O)NC(Cc1cc(F)cc(F)c1)C(O)CNC1(c2cccc(C(C)(C)C)c2)CCCCC1. The number of halogens is 2. The molecule has 1 aliphatic carbocycles. The van der Waals surface area contributed by atoms with E-state index < -0.39 is 23.8 Å². The number of benzene rings is 2. The second-order valence-corrected chi connectivity index (χ2v) is 11.7. The molecule has 0 heterocycles. The van der Waals surface area contributed by atoms with Gasteiger partial charge in [-0.2, -0.15) is 0 Å². The van der Waals surface area contributed by atoms with Crippen molar-refractivity contribution in [3.8, 4) is 0 Å². The minimum absolute atomic E-state index is 0.0273. The maximum Gasteiger partial charge on any atom is 0.220 e. The summed E-state index contributed by atoms with van der Waals surface area (Å²) in [5.74, 6) is -1.50. The van der Waals surface area contributed by atoms with Gasteiger partial charge in [0.15, 0.2) is 0 Å². The summed E-state index contributed by atoms with van der Waals surface area (Å²) in [6.45, 7) is 8.89. The zero-order valence-corrected chi connectivity index (χ0v) is 22.9. The number of carbonyl (C=O) groups excluding carboxylic acids is 1. The molecule has 2 aromatic carbocycles. The summed E-state index contributed by atoms with van der Waals surface area (Å²) in [5.41, 5.74) is 2.67. The van der Waals surface area contributed by atoms with Crippen molar-refractivity contribution in [2.75, 3.05) is 6.54 Å². The number of carbonyl (C=O) groups is 1. The van der Waals surface area contributed by atoms with Gasteiger partial charge in [-0.15, -0.1) is 0 Å². The fourth-order valence-corrected chi connectivity index (χ4v) is 5.33. The first-order valence-corrected chi connectivity index (χ1v) is 13.8. The van der Waals surface area contributed by atoms with Crippen LogP contribution in [0.1, 0.15) is 95.8 Å². The average molecular weight is 515 g/mol. The normalized spacial score (nSPS) is 17.3. The van der Waals surface area contributed by atoms with Gasteiger partial charge in [0.25, 0.3) is 0 Å². The maximum atomic E-state index is 13.9. The first kappa shape index (κ1) is 29.2. The molecule has 1 fully saturated rings. The number of aliphatic hydroxyl groups is 1. The van der Waals surface area contributed by atoms with Gasteiger partial charge in [0, 0.05) is 24.6 Å². The molecule has 37 heavy (non-hydrogen) atoms. The van der Waals surface area contributed by atoms with Crippen LogP contribution in [0.2, 0.25) is 0 Å². The molecule has 0 radical (unpaired) electrons. The van der Waals surface area contributed by atoms with Crippen molar-refractivity contribution in [1.82, 2.24) is 10.6 Å². The highest BCUT2D eigenvalue weighted by Gasteiger charge is 2.35. The summed E-state index contributed by atoms with van der Waals surface area (Å²) < 4.78 is 27.7. The second-order valence-electron chi connectivity index (χ2n) is 11.7. The first-order chi connectivity index (χ1) is 17.5. The van der Waals surface area contributed by atoms with Crippen LogP contribution in [0.25, 0.3) is 0 Å². The molecule has 0 saturated heterocycles. The van der Waals surface area contributed by atoms with E-state index in [0.29, 0.717) is 12.0 Å². The predicted molar refractivity (Wildman–Crippen MR) is 145 cm³/mol. The van der Waals surface area contributed by atoms with Crippen LogP contribution in [0, 0.1) is 11.6 Å². The molecule has 0 bridgehead atoms. The van der Waals surface area contributed by atoms with E-state index in [1.165, 1.54) is 29.7 Å². The van der Waals surface area contributed by atoms with Gasteiger partial charge in [-0.05, 0) is 59.9 Å². The van der Waals surface area contributed by atoms with Crippen molar-refractivity contribution in [2.24, 2.45) is 0 Å². The third-order valence-corrected chi connectivity index (χ3v) is 7.58. The van der Waals surface area contributed by atoms with Gasteiger partial charge in [-0.25, -0.2) is 8.78 Å². The van der Waals surface area contributed by atoms with Crippen LogP contribution in [-0.4, -0.2) is 29.7 Å². The van der Waals surface area contributed by atoms with E-state index in [9.17, 15) is 18.7 Å². The molecule has 1 saturated carbocycles. The molecule has 1 amide bonds. The first-order valence-electron chi connectivity index (χ1n) is 13.8. The fraction of sp³-hybridized carbons (Fsp3) is 0.581. The largest absolute Gasteiger partial charge is 0.390 e. The van der Waals surface area contributed by atoms with Crippen LogP contribution in [0.4, 0.5) is 8.78 Å². The van der Waals surface area contributed by atoms with Crippen molar-refractivity contribution in [3.05, 3.63) is 70.8 Å². The number of nitrogens with one attached hydrogen (secondary N) is 2. The van der Waals surface area contributed by atoms with E-state index >= 15 is 0 Å². The zero-order chi connectivity index (χ0) is 27.1. The summed E-state index contributed by atoms with van der Waals surface area (Å²) in [6.07, 6.45) is 6.52. The van der Waals surface area contributed by atoms with Gasteiger partial charge >= 0.3 is 0 Å². The number of amides is 1. The molecular weight excluding hydrogens is 470 g/mol. The van der Waals surface area contributed by atoms with Gasteiger partial charge in [0.1, 0.15) is 11.6 Å². The third kappa shape index (κ3) is 8.34. The van der Waals surface area contributed by atoms with Crippen molar-refractivity contribution in [3.63, 3.8) is 0 Å². The van der Waals surface area contributed by atoms with Gasteiger partial charge in [0.2, 0.25) is 5.91 Å². The molecule has 2 unspecified atom stereocenters. The topological polar surface area (TPSA) is 61.4 Å². The molecule has 0 aromatic heterocycles. The summed E-state index contributed by atoms with van der Waals surface area (Å²) >= 11 is 0. The van der Waals surface area contributed by atoms with E-state index in [1.54, 1.807) is 0 Å². The van der Waals surface area contributed by atoms with Crippen LogP contribution in [-0.2, 0) is 22.2 Å². The molecule has 0 aliphatic heterocycles. The number of aliphatic hydroxyl groups excluding tert-OH is 1. The number of rotatable bonds is 11. The van der Waals surface area contributed by atoms with Crippen LogP contribution < -0.4 is 10.6 Å². The van der Waals surface area contributed by atoms with E-state index in [1.807, 2.05) is 6.92 Å². The Labute approximate surface area is 221 Å². The molecule has 0 spiro atoms. The molecule has 2 atom stereocenters. The lowest BCUT2D eigenvalue weighted by Gasteiger charge is -2.41. The molecule has 3 rings (SSSR count). The van der Waals surface area contributed by atoms with E-state index in [0.717, 1.165) is 44.6 Å². The Balaban J connectivity index is 1.81. The Morgan fingerprint density at radius 2 is 1.73 bits per heavy atom. The predicted octanol–water partition coefficient (Wildman–Crippen LogP) is 6.29. The number of hydrogen-bond acceptors (Lipinski definition) is 3. The highest BCUT2D eigenvalue weighted by Crippen LogP contribution is 2.38. The maximum absolute atomic E-state index is 13.9. The lowest BCUT2D eigenvalue weighted by molar-refractivity contribution is -0.122. The standard InChI is InChI=1S/C31H44F2N2O2/c1-5-6-13-29(37)35-27(18-22-16-25(32)20-26(33)17-22)28(36)21-34-31(14-8-7-9-15-31)24-12-10-11-23(19-24)30(2,3)4/h10-12,16-17,19-20,27-28,34,36H,5-9,13-15,18,21H2,1-4H3,(H,35,37). The summed E-state index contributed by atoms with van der Waals surface area (Å²) in [5, 5.41) is 17.9. The smallest absolute Gasteiger partial charge is 0.220 e. The lowest BCUT2D eigenvalue weighted by Crippen LogP contribution is -2.53. The molecule has 2 aromatic rings. The molecule has 3 N–H and O–H groups in total. The molecular formula is C31H44F2N2O2. The van der Waals surface area contributed by atoms with E-state index in [4.69, 9.17) is 0 Å². The van der Waals surface area contributed by atoms with Crippen molar-refractivity contribution in [2.45, 2.75) is 109 Å². The quantitative estimate of drug-likeness (QED) is 0.330. The van der Waals surface area contributed by atoms with Crippen LogP contribution in [0.3, 0.4) is 0 Å². The Kier molecular flexibility index (Phi) is 10.3. The van der Waals surface area contributed by atoms with E-state index in [-0.39, 0.29) is 29.8 Å². The molecule has 1 aliphatic rings. The second kappa shape index (κ2) is 13.0. The van der Waals surface area contributed by atoms with Gasteiger partial charge < -0.3 is 15.7 Å². The van der Waals surface area contributed by atoms with Crippen molar-refractivity contribution < 1.29 is 18.7 Å². The monoisotopic (exact) mass is 514 g/mol. The average Bonchev–Trinajstić information content (AvgIpc) is 2.85. The Morgan fingerprint density at radius 1 is 1.05 bits per heavy atom. The van der Waals surface area contributed by atoms with E-state index in [2.05, 4.69) is 55.7 Å². The molecule has 6 heteroatoms. The minimum Gasteiger partial charge on any atom is -0.390 e. The summed E-state index contributed by atoms with van der Waals surface area (Å²) in [6, 6.07) is 11.4. The van der Waals surface area contributed by atoms with Crippen LogP contribution in [0.15, 0.2) is 42.5 Å². The van der Waals surface area contributed by atoms with Gasteiger partial charge in [-0.1, -0.05) is 77.6 Å². The number of hydrogen-bond donors (Lipinski definition) is 3. The number of unbranched alkanes of at least 4 members (excludes halogenated alkanes) is 1. The molecule has 204 valence electrons. The van der Waals surface area contributed by atoms with Gasteiger partial charge in [0.05, 0.1) is 12.1 Å². The van der Waals surface area contributed by atoms with Gasteiger partial charge in [-0.3, -0.25) is 4.79 Å². The van der Waals surface area contributed by atoms with Crippen LogP contribution in [0.5, 0.6) is 0 Å². The minimum atomic E-state index is -0.929. The third-order valence-electron chi connectivity index (χ3n) is 7.58. The Hall–Kier alpha value is -2.31. The van der Waals surface area contributed by atoms with Crippen LogP contribution >= 0.6 is 0 Å². The van der Waals surface area contributed by atoms with Crippen molar-refractivity contribution in [1.29, 1.82) is 0 Å². The summed E-state index contributed by atoms with van der Waals surface area (Å²) in [4.78, 5) is 12.6. The fourth-order valence-electron chi connectivity index (χ4n) is 5.33. The molecule has 4 nitrogen and oxygen atoms in total. The Morgan fingerprint density at radius 3 is 2.35 bits per heavy atom. The highest BCUT2D eigenvalue weighted by molar-refractivity contribution is 5.76. The zero-order valence-electron chi connectivity index (χ0n) is 22.9. The Bertz CT molecular complexity index is 1010. The highest BCUT2D eigenvalue weighted by atomic mass is 19.1. The van der Waals surface area contributed by atoms with Crippen molar-refractivity contribution >= 4 is 5.91 Å². The summed E-state index contributed by atoms with van der Waals surface area (Å²) in [7, 11) is 0. The lowest BCUT2D eigenvalue weighted by atomic mass is 9.74.